The van der Waals surface area contributed by atoms with E-state index in [4.69, 9.17) is 4.74 Å². The van der Waals surface area contributed by atoms with E-state index in [1.165, 1.54) is 19.3 Å². The summed E-state index contributed by atoms with van der Waals surface area (Å²) in [5.41, 5.74) is -0.421. The van der Waals surface area contributed by atoms with Gasteiger partial charge in [-0.2, -0.15) is 0 Å². The Labute approximate surface area is 102 Å². The zero-order valence-corrected chi connectivity index (χ0v) is 10.2. The van der Waals surface area contributed by atoms with E-state index in [0.717, 1.165) is 38.5 Å². The summed E-state index contributed by atoms with van der Waals surface area (Å²) in [6, 6.07) is 0. The lowest BCUT2D eigenvalue weighted by molar-refractivity contribution is -0.157. The van der Waals surface area contributed by atoms with E-state index in [1.54, 1.807) is 0 Å². The highest BCUT2D eigenvalue weighted by Gasteiger charge is 2.61. The first kappa shape index (κ1) is 11.2. The first-order valence-electron chi connectivity index (χ1n) is 7.01. The molecule has 17 heavy (non-hydrogen) atoms. The van der Waals surface area contributed by atoms with Crippen molar-refractivity contribution in [2.45, 2.75) is 57.8 Å². The third kappa shape index (κ3) is 1.54. The maximum absolute atomic E-state index is 12.2. The Balaban J connectivity index is 1.94. The number of carbonyl (C=O) groups excluding carboxylic acids is 2. The van der Waals surface area contributed by atoms with Crippen molar-refractivity contribution in [1.29, 1.82) is 0 Å². The monoisotopic (exact) mass is 236 g/mol. The van der Waals surface area contributed by atoms with Gasteiger partial charge in [-0.1, -0.05) is 32.1 Å². The van der Waals surface area contributed by atoms with Gasteiger partial charge in [0, 0.05) is 0 Å². The van der Waals surface area contributed by atoms with E-state index in [2.05, 4.69) is 0 Å². The zero-order chi connectivity index (χ0) is 11.9. The summed E-state index contributed by atoms with van der Waals surface area (Å²) in [5.74, 6) is -0.147. The molecule has 3 nitrogen and oxygen atoms in total. The van der Waals surface area contributed by atoms with Gasteiger partial charge in [0.2, 0.25) is 0 Å². The van der Waals surface area contributed by atoms with Crippen LogP contribution in [-0.4, -0.2) is 11.9 Å². The lowest BCUT2D eigenvalue weighted by Gasteiger charge is -2.42. The molecule has 2 atom stereocenters. The van der Waals surface area contributed by atoms with Gasteiger partial charge in [-0.15, -0.1) is 0 Å². The number of esters is 2. The zero-order valence-electron chi connectivity index (χ0n) is 10.2. The Bertz CT molecular complexity index is 343. The minimum absolute atomic E-state index is 0.119. The summed E-state index contributed by atoms with van der Waals surface area (Å²) < 4.78 is 4.99. The Morgan fingerprint density at radius 3 is 2.41 bits per heavy atom. The van der Waals surface area contributed by atoms with Crippen LogP contribution in [0.5, 0.6) is 0 Å². The highest BCUT2D eigenvalue weighted by Crippen LogP contribution is 2.55. The molecule has 1 aliphatic heterocycles. The molecule has 2 aliphatic carbocycles. The summed E-state index contributed by atoms with van der Waals surface area (Å²) in [6.07, 6.45) is 9.81. The van der Waals surface area contributed by atoms with E-state index in [9.17, 15) is 9.59 Å². The van der Waals surface area contributed by atoms with Crippen LogP contribution >= 0.6 is 0 Å². The molecule has 0 aromatic carbocycles. The number of fused-ring (bicyclic) bond motifs is 1. The molecule has 0 spiro atoms. The smallest absolute Gasteiger partial charge is 0.320 e. The van der Waals surface area contributed by atoms with Crippen molar-refractivity contribution in [2.24, 2.45) is 17.3 Å². The Kier molecular flexibility index (Phi) is 2.72. The third-order valence-corrected chi connectivity index (χ3v) is 5.15. The largest absolute Gasteiger partial charge is 0.392 e. The minimum Gasteiger partial charge on any atom is -0.392 e. The third-order valence-electron chi connectivity index (χ3n) is 5.15. The van der Waals surface area contributed by atoms with Crippen molar-refractivity contribution < 1.29 is 14.3 Å². The first-order valence-corrected chi connectivity index (χ1v) is 7.01. The average molecular weight is 236 g/mol. The quantitative estimate of drug-likeness (QED) is 0.519. The molecule has 3 aliphatic rings. The minimum atomic E-state index is -0.421. The lowest BCUT2D eigenvalue weighted by Crippen LogP contribution is -2.44. The van der Waals surface area contributed by atoms with Crippen LogP contribution in [0.2, 0.25) is 0 Å². The van der Waals surface area contributed by atoms with Crippen LogP contribution in [0.25, 0.3) is 0 Å². The highest BCUT2D eigenvalue weighted by molar-refractivity contribution is 5.99. The molecule has 3 fully saturated rings. The topological polar surface area (TPSA) is 43.4 Å². The molecule has 0 radical (unpaired) electrons. The van der Waals surface area contributed by atoms with Gasteiger partial charge in [-0.3, -0.25) is 9.59 Å². The molecule has 0 aromatic heterocycles. The van der Waals surface area contributed by atoms with Crippen molar-refractivity contribution in [3.63, 3.8) is 0 Å². The van der Waals surface area contributed by atoms with Crippen LogP contribution in [0.3, 0.4) is 0 Å². The van der Waals surface area contributed by atoms with E-state index in [-0.39, 0.29) is 17.9 Å². The van der Waals surface area contributed by atoms with Gasteiger partial charge in [0.15, 0.2) is 0 Å². The number of carbonyl (C=O) groups is 2. The van der Waals surface area contributed by atoms with Crippen LogP contribution in [0, 0.1) is 17.3 Å². The molecule has 2 saturated carbocycles. The van der Waals surface area contributed by atoms with Crippen molar-refractivity contribution in [3.8, 4) is 0 Å². The molecule has 3 heteroatoms. The predicted molar refractivity (Wildman–Crippen MR) is 62.1 cm³/mol. The van der Waals surface area contributed by atoms with Gasteiger partial charge < -0.3 is 4.74 Å². The number of hydrogen-bond acceptors (Lipinski definition) is 3. The number of cyclic esters (lactones) is 2. The summed E-state index contributed by atoms with van der Waals surface area (Å²) in [6.45, 7) is 0. The normalized spacial score (nSPS) is 38.9. The summed E-state index contributed by atoms with van der Waals surface area (Å²) >= 11 is 0. The van der Waals surface area contributed by atoms with Gasteiger partial charge >= 0.3 is 11.9 Å². The van der Waals surface area contributed by atoms with Crippen LogP contribution in [0.1, 0.15) is 57.8 Å². The van der Waals surface area contributed by atoms with E-state index < -0.39 is 5.41 Å². The van der Waals surface area contributed by atoms with Crippen LogP contribution in [-0.2, 0) is 14.3 Å². The lowest BCUT2D eigenvalue weighted by atomic mass is 9.57. The van der Waals surface area contributed by atoms with Gasteiger partial charge in [-0.25, -0.2) is 0 Å². The van der Waals surface area contributed by atoms with Gasteiger partial charge in [0.25, 0.3) is 0 Å². The summed E-state index contributed by atoms with van der Waals surface area (Å²) in [5, 5.41) is 0. The fraction of sp³-hybridized carbons (Fsp3) is 0.857. The van der Waals surface area contributed by atoms with Crippen LogP contribution < -0.4 is 0 Å². The van der Waals surface area contributed by atoms with Crippen molar-refractivity contribution in [3.05, 3.63) is 0 Å². The molecule has 0 bridgehead atoms. The van der Waals surface area contributed by atoms with Crippen LogP contribution in [0.15, 0.2) is 0 Å². The molecule has 3 rings (SSSR count). The van der Waals surface area contributed by atoms with E-state index >= 15 is 0 Å². The summed E-state index contributed by atoms with van der Waals surface area (Å²) in [4.78, 5) is 24.0. The maximum atomic E-state index is 12.2. The summed E-state index contributed by atoms with van der Waals surface area (Å²) in [7, 11) is 0. The Hall–Kier alpha value is -0.860. The molecule has 0 aromatic rings. The molecule has 2 unspecified atom stereocenters. The SMILES string of the molecule is O=C1OC(=O)C2(C3CCCCC3)CCCCC12. The van der Waals surface area contributed by atoms with E-state index in [1.807, 2.05) is 0 Å². The molecular formula is C14H20O3. The number of hydrogen-bond donors (Lipinski definition) is 0. The second kappa shape index (κ2) is 4.11. The average Bonchev–Trinajstić information content (AvgIpc) is 2.64. The molecule has 1 saturated heterocycles. The highest BCUT2D eigenvalue weighted by atomic mass is 16.6. The van der Waals surface area contributed by atoms with Crippen molar-refractivity contribution >= 4 is 11.9 Å². The molecule has 0 amide bonds. The predicted octanol–water partition coefficient (Wildman–Crippen LogP) is 2.83. The molecular weight excluding hydrogens is 216 g/mol. The van der Waals surface area contributed by atoms with Crippen molar-refractivity contribution in [2.75, 3.05) is 0 Å². The fourth-order valence-corrected chi connectivity index (χ4v) is 4.30. The van der Waals surface area contributed by atoms with Gasteiger partial charge in [-0.05, 0) is 31.6 Å². The van der Waals surface area contributed by atoms with Gasteiger partial charge in [0.1, 0.15) is 0 Å². The maximum Gasteiger partial charge on any atom is 0.320 e. The number of rotatable bonds is 1. The Morgan fingerprint density at radius 1 is 0.941 bits per heavy atom. The number of ether oxygens (including phenoxy) is 1. The van der Waals surface area contributed by atoms with Gasteiger partial charge in [0.05, 0.1) is 11.3 Å². The van der Waals surface area contributed by atoms with Crippen molar-refractivity contribution in [1.82, 2.24) is 0 Å². The molecule has 0 N–H and O–H groups in total. The first-order chi connectivity index (χ1) is 8.25. The second-order valence-electron chi connectivity index (χ2n) is 5.88. The van der Waals surface area contributed by atoms with E-state index in [0.29, 0.717) is 5.92 Å². The standard InChI is InChI=1S/C14H20O3/c15-12-11-8-4-5-9-14(11,13(16)17-12)10-6-2-1-3-7-10/h10-11H,1-9H2. The molecule has 94 valence electrons. The second-order valence-corrected chi connectivity index (χ2v) is 5.88. The fourth-order valence-electron chi connectivity index (χ4n) is 4.30. The van der Waals surface area contributed by atoms with Crippen LogP contribution in [0.4, 0.5) is 0 Å². The Morgan fingerprint density at radius 2 is 1.65 bits per heavy atom. The molecule has 1 heterocycles.